The molecule has 0 spiro atoms. The Morgan fingerprint density at radius 2 is 2.21 bits per heavy atom. The van der Waals surface area contributed by atoms with Gasteiger partial charge >= 0.3 is 0 Å². The quantitative estimate of drug-likeness (QED) is 0.212. The highest BCUT2D eigenvalue weighted by Crippen LogP contribution is 2.28. The third-order valence-electron chi connectivity index (χ3n) is 3.31. The minimum absolute atomic E-state index is 0.0791. The van der Waals surface area contributed by atoms with Gasteiger partial charge in [0.1, 0.15) is 0 Å². The van der Waals surface area contributed by atoms with E-state index in [9.17, 15) is 0 Å². The molecule has 2 aromatic heterocycles. The van der Waals surface area contributed by atoms with Crippen LogP contribution in [-0.4, -0.2) is 39.6 Å². The van der Waals surface area contributed by atoms with Gasteiger partial charge in [-0.2, -0.15) is 5.53 Å². The second-order valence-corrected chi connectivity index (χ2v) is 6.65. The van der Waals surface area contributed by atoms with Gasteiger partial charge in [-0.1, -0.05) is 29.1 Å². The molecule has 1 aromatic carbocycles. The summed E-state index contributed by atoms with van der Waals surface area (Å²) in [5, 5.41) is 19.4. The third kappa shape index (κ3) is 3.10. The van der Waals surface area contributed by atoms with Crippen molar-refractivity contribution in [1.29, 1.82) is 10.9 Å². The Labute approximate surface area is 146 Å². The van der Waals surface area contributed by atoms with E-state index in [0.29, 0.717) is 10.9 Å². The molecule has 24 heavy (non-hydrogen) atoms. The van der Waals surface area contributed by atoms with Crippen LogP contribution in [0, 0.1) is 10.9 Å². The van der Waals surface area contributed by atoms with E-state index in [0.717, 1.165) is 21.9 Å². The maximum absolute atomic E-state index is 8.29. The van der Waals surface area contributed by atoms with Crippen LogP contribution in [0.1, 0.15) is 5.69 Å². The largest absolute Gasteiger partial charge is 0.365 e. The molecular weight excluding hydrogens is 344 g/mol. The Balaban J connectivity index is 1.94. The summed E-state index contributed by atoms with van der Waals surface area (Å²) in [5.41, 5.74) is 9.71. The van der Waals surface area contributed by atoms with Crippen LogP contribution in [0.25, 0.3) is 11.0 Å². The van der Waals surface area contributed by atoms with Gasteiger partial charge in [0.15, 0.2) is 10.3 Å². The van der Waals surface area contributed by atoms with Crippen LogP contribution in [0.3, 0.4) is 0 Å². The fraction of sp³-hybridized carbons (Fsp3) is 0.214. The molecule has 0 atom stereocenters. The van der Waals surface area contributed by atoms with E-state index in [2.05, 4.69) is 20.5 Å². The van der Waals surface area contributed by atoms with Gasteiger partial charge in [0.2, 0.25) is 5.96 Å². The number of aromatic nitrogens is 3. The molecule has 0 amide bonds. The van der Waals surface area contributed by atoms with Crippen molar-refractivity contribution >= 4 is 45.2 Å². The highest BCUT2D eigenvalue weighted by atomic mass is 32.2. The van der Waals surface area contributed by atoms with Crippen molar-refractivity contribution < 1.29 is 0 Å². The van der Waals surface area contributed by atoms with E-state index in [1.807, 2.05) is 36.7 Å². The Bertz CT molecular complexity index is 884. The summed E-state index contributed by atoms with van der Waals surface area (Å²) in [6, 6.07) is 7.62. The van der Waals surface area contributed by atoms with E-state index in [1.165, 1.54) is 16.8 Å². The van der Waals surface area contributed by atoms with E-state index < -0.39 is 0 Å². The SMILES string of the molecule is CNc1nc(CSc2nc3ccccc3n2C(=N)N(C)N=N)cs1. The molecule has 0 unspecified atom stereocenters. The highest BCUT2D eigenvalue weighted by molar-refractivity contribution is 7.98. The van der Waals surface area contributed by atoms with Gasteiger partial charge in [0.05, 0.1) is 16.7 Å². The molecule has 0 fully saturated rings. The van der Waals surface area contributed by atoms with Gasteiger partial charge in [0, 0.05) is 25.2 Å². The van der Waals surface area contributed by atoms with Crippen molar-refractivity contribution in [3.8, 4) is 0 Å². The minimum atomic E-state index is 0.0791. The number of nitrogens with one attached hydrogen (secondary N) is 3. The van der Waals surface area contributed by atoms with Gasteiger partial charge in [-0.05, 0) is 12.1 Å². The Hall–Kier alpha value is -2.46. The molecular formula is C14H16N8S2. The van der Waals surface area contributed by atoms with Gasteiger partial charge in [0.25, 0.3) is 0 Å². The summed E-state index contributed by atoms with van der Waals surface area (Å²) in [6.07, 6.45) is 0. The highest BCUT2D eigenvalue weighted by Gasteiger charge is 2.17. The molecule has 2 heterocycles. The van der Waals surface area contributed by atoms with Gasteiger partial charge in [-0.25, -0.2) is 15.0 Å². The maximum Gasteiger partial charge on any atom is 0.226 e. The van der Waals surface area contributed by atoms with Crippen LogP contribution in [0.5, 0.6) is 0 Å². The Morgan fingerprint density at radius 1 is 1.42 bits per heavy atom. The first-order valence-corrected chi connectivity index (χ1v) is 8.93. The van der Waals surface area contributed by atoms with Gasteiger partial charge in [-0.3, -0.25) is 9.98 Å². The summed E-state index contributed by atoms with van der Waals surface area (Å²) in [5.74, 6) is 0.728. The van der Waals surface area contributed by atoms with Crippen LogP contribution in [0.4, 0.5) is 5.13 Å². The molecule has 3 N–H and O–H groups in total. The van der Waals surface area contributed by atoms with E-state index >= 15 is 0 Å². The van der Waals surface area contributed by atoms with E-state index in [1.54, 1.807) is 23.0 Å². The predicted octanol–water partition coefficient (Wildman–Crippen LogP) is 3.49. The standard InChI is InChI=1S/C14H16N8S2/c1-17-13-18-9(7-23-13)8-24-14-19-10-5-3-4-6-11(10)22(14)12(15)21(2)20-16/h3-7,15-16H,8H2,1-2H3,(H,17,18). The molecule has 0 bridgehead atoms. The first-order valence-electron chi connectivity index (χ1n) is 7.06. The smallest absolute Gasteiger partial charge is 0.226 e. The number of rotatable bonds is 5. The van der Waals surface area contributed by atoms with Gasteiger partial charge < -0.3 is 5.32 Å². The number of benzene rings is 1. The number of anilines is 1. The monoisotopic (exact) mass is 360 g/mol. The lowest BCUT2D eigenvalue weighted by molar-refractivity contribution is 0.465. The molecule has 0 aliphatic rings. The normalized spacial score (nSPS) is 10.8. The predicted molar refractivity (Wildman–Crippen MR) is 97.0 cm³/mol. The maximum atomic E-state index is 8.29. The average Bonchev–Trinajstić information content (AvgIpc) is 3.22. The average molecular weight is 360 g/mol. The van der Waals surface area contributed by atoms with Crippen LogP contribution in [0.2, 0.25) is 0 Å². The summed E-state index contributed by atoms with van der Waals surface area (Å²) >= 11 is 3.06. The fourth-order valence-electron chi connectivity index (χ4n) is 2.12. The second kappa shape index (κ2) is 6.97. The van der Waals surface area contributed by atoms with Crippen molar-refractivity contribution in [3.63, 3.8) is 0 Å². The first-order chi connectivity index (χ1) is 11.6. The van der Waals surface area contributed by atoms with Crippen molar-refractivity contribution in [2.45, 2.75) is 10.9 Å². The summed E-state index contributed by atoms with van der Waals surface area (Å²) in [4.78, 5) is 9.07. The number of thioether (sulfide) groups is 1. The summed E-state index contributed by atoms with van der Waals surface area (Å²) in [7, 11) is 3.41. The lowest BCUT2D eigenvalue weighted by Gasteiger charge is -2.15. The van der Waals surface area contributed by atoms with E-state index in [4.69, 9.17) is 10.9 Å². The van der Waals surface area contributed by atoms with Crippen LogP contribution in [-0.2, 0) is 5.75 Å². The zero-order chi connectivity index (χ0) is 17.1. The zero-order valence-electron chi connectivity index (χ0n) is 13.1. The van der Waals surface area contributed by atoms with Crippen molar-refractivity contribution in [3.05, 3.63) is 35.3 Å². The van der Waals surface area contributed by atoms with Gasteiger partial charge in [-0.15, -0.1) is 11.3 Å². The number of imidazole rings is 1. The Kier molecular flexibility index (Phi) is 4.76. The molecule has 3 rings (SSSR count). The molecule has 8 nitrogen and oxygen atoms in total. The second-order valence-electron chi connectivity index (χ2n) is 4.85. The molecule has 0 aliphatic carbocycles. The molecule has 124 valence electrons. The summed E-state index contributed by atoms with van der Waals surface area (Å²) in [6.45, 7) is 0. The van der Waals surface area contributed by atoms with Crippen LogP contribution >= 0.6 is 23.1 Å². The van der Waals surface area contributed by atoms with Crippen LogP contribution < -0.4 is 5.32 Å². The molecule has 0 aliphatic heterocycles. The molecule has 10 heteroatoms. The molecule has 3 aromatic rings. The number of hydrogen-bond acceptors (Lipinski definition) is 8. The number of thiazole rings is 1. The first kappa shape index (κ1) is 16.4. The Morgan fingerprint density at radius 3 is 2.92 bits per heavy atom. The fourth-order valence-corrected chi connectivity index (χ4v) is 3.80. The topological polar surface area (TPSA) is 106 Å². The van der Waals surface area contributed by atoms with Crippen molar-refractivity contribution in [2.75, 3.05) is 19.4 Å². The van der Waals surface area contributed by atoms with E-state index in [-0.39, 0.29) is 5.96 Å². The number of fused-ring (bicyclic) bond motifs is 1. The van der Waals surface area contributed by atoms with Crippen LogP contribution in [0.15, 0.2) is 40.0 Å². The number of nitrogens with zero attached hydrogens (tertiary/aromatic N) is 5. The molecule has 0 saturated carbocycles. The third-order valence-corrected chi connectivity index (χ3v) is 5.19. The lowest BCUT2D eigenvalue weighted by Crippen LogP contribution is -2.27. The van der Waals surface area contributed by atoms with Crippen molar-refractivity contribution in [1.82, 2.24) is 19.5 Å². The lowest BCUT2D eigenvalue weighted by atomic mass is 10.3. The van der Waals surface area contributed by atoms with Crippen molar-refractivity contribution in [2.24, 2.45) is 5.22 Å². The minimum Gasteiger partial charge on any atom is -0.365 e. The number of para-hydroxylation sites is 2. The number of hydrogen-bond donors (Lipinski definition) is 3. The summed E-state index contributed by atoms with van der Waals surface area (Å²) < 4.78 is 1.70. The molecule has 0 radical (unpaired) electrons. The zero-order valence-corrected chi connectivity index (χ0v) is 14.8. The molecule has 0 saturated heterocycles.